The number of hydrogen-bond acceptors (Lipinski definition) is 7. The molecule has 0 aromatic heterocycles. The van der Waals surface area contributed by atoms with Crippen LogP contribution in [0.4, 0.5) is 0 Å². The van der Waals surface area contributed by atoms with E-state index in [1.54, 1.807) is 51.1 Å². The first-order valence-electron chi connectivity index (χ1n) is 9.40. The maximum Gasteiger partial charge on any atom is 0.313 e. The smallest absolute Gasteiger partial charge is 0.313 e. The molecule has 0 atom stereocenters. The van der Waals surface area contributed by atoms with E-state index < -0.39 is 0 Å². The Balaban J connectivity index is 1.97. The summed E-state index contributed by atoms with van der Waals surface area (Å²) in [7, 11) is 4.56. The average Bonchev–Trinajstić information content (AvgIpc) is 3.05. The number of fused-ring (bicyclic) bond motifs is 1. The van der Waals surface area contributed by atoms with Gasteiger partial charge in [-0.15, -0.1) is 0 Å². The highest BCUT2D eigenvalue weighted by atomic mass is 16.5. The lowest BCUT2D eigenvalue weighted by atomic mass is 10.1. The molecule has 0 aliphatic carbocycles. The average molecular weight is 412 g/mol. The highest BCUT2D eigenvalue weighted by Gasteiger charge is 2.31. The molecule has 1 aliphatic rings. The predicted molar refractivity (Wildman–Crippen MR) is 111 cm³/mol. The zero-order valence-corrected chi connectivity index (χ0v) is 17.8. The summed E-state index contributed by atoms with van der Waals surface area (Å²) in [5.74, 6) is 1.40. The zero-order valence-electron chi connectivity index (χ0n) is 17.8. The van der Waals surface area contributed by atoms with Crippen LogP contribution in [-0.2, 0) is 4.79 Å². The molecule has 0 saturated carbocycles. The SMILES string of the molecule is COc1cc(/C=C2\Oc3c(ccc(OC(=O)C(C)C)c3C)C2=O)cc(OC)c1OC. The van der Waals surface area contributed by atoms with Crippen LogP contribution in [0, 0.1) is 12.8 Å². The number of carbonyl (C=O) groups excluding carboxylic acids is 2. The van der Waals surface area contributed by atoms with E-state index in [1.165, 1.54) is 21.3 Å². The van der Waals surface area contributed by atoms with Crippen LogP contribution in [0.5, 0.6) is 28.7 Å². The first kappa shape index (κ1) is 21.2. The fourth-order valence-corrected chi connectivity index (χ4v) is 3.04. The van der Waals surface area contributed by atoms with Gasteiger partial charge in [0.1, 0.15) is 11.5 Å². The number of rotatable bonds is 6. The number of methoxy groups -OCH3 is 3. The molecule has 0 spiro atoms. The van der Waals surface area contributed by atoms with Gasteiger partial charge in [0.05, 0.1) is 32.8 Å². The largest absolute Gasteiger partial charge is 0.493 e. The molecule has 0 saturated heterocycles. The van der Waals surface area contributed by atoms with Gasteiger partial charge in [-0.25, -0.2) is 0 Å². The minimum Gasteiger partial charge on any atom is -0.493 e. The van der Waals surface area contributed by atoms with Gasteiger partial charge in [0.15, 0.2) is 17.3 Å². The van der Waals surface area contributed by atoms with E-state index in [4.69, 9.17) is 23.7 Å². The summed E-state index contributed by atoms with van der Waals surface area (Å²) >= 11 is 0. The molecule has 0 fully saturated rings. The van der Waals surface area contributed by atoms with Crippen molar-refractivity contribution in [3.05, 3.63) is 46.7 Å². The molecule has 7 heteroatoms. The lowest BCUT2D eigenvalue weighted by molar-refractivity contribution is -0.137. The summed E-state index contributed by atoms with van der Waals surface area (Å²) < 4.78 is 27.3. The number of ketones is 1. The van der Waals surface area contributed by atoms with Crippen molar-refractivity contribution in [3.8, 4) is 28.7 Å². The number of Topliss-reactive ketones (excluding diaryl/α,β-unsaturated/α-hetero) is 1. The van der Waals surface area contributed by atoms with Crippen molar-refractivity contribution in [2.75, 3.05) is 21.3 Å². The second-order valence-corrected chi connectivity index (χ2v) is 7.04. The van der Waals surface area contributed by atoms with Gasteiger partial charge in [-0.2, -0.15) is 0 Å². The van der Waals surface area contributed by atoms with Gasteiger partial charge in [0, 0.05) is 5.56 Å². The van der Waals surface area contributed by atoms with Gasteiger partial charge >= 0.3 is 5.97 Å². The van der Waals surface area contributed by atoms with Crippen LogP contribution in [0.3, 0.4) is 0 Å². The number of hydrogen-bond donors (Lipinski definition) is 0. The summed E-state index contributed by atoms with van der Waals surface area (Å²) in [6, 6.07) is 6.65. The van der Waals surface area contributed by atoms with Crippen molar-refractivity contribution in [2.24, 2.45) is 5.92 Å². The number of carbonyl (C=O) groups is 2. The topological polar surface area (TPSA) is 80.3 Å². The van der Waals surface area contributed by atoms with Crippen molar-refractivity contribution in [2.45, 2.75) is 20.8 Å². The van der Waals surface area contributed by atoms with E-state index in [1.807, 2.05) is 0 Å². The summed E-state index contributed by atoms with van der Waals surface area (Å²) in [6.45, 7) is 5.25. The van der Waals surface area contributed by atoms with Crippen molar-refractivity contribution >= 4 is 17.8 Å². The fourth-order valence-electron chi connectivity index (χ4n) is 3.04. The third-order valence-corrected chi connectivity index (χ3v) is 4.70. The maximum absolute atomic E-state index is 12.8. The lowest BCUT2D eigenvalue weighted by Crippen LogP contribution is -2.15. The highest BCUT2D eigenvalue weighted by Crippen LogP contribution is 2.41. The van der Waals surface area contributed by atoms with Crippen molar-refractivity contribution < 1.29 is 33.3 Å². The lowest BCUT2D eigenvalue weighted by Gasteiger charge is -2.13. The number of allylic oxidation sites excluding steroid dienone is 1. The molecule has 2 aromatic carbocycles. The third kappa shape index (κ3) is 3.83. The third-order valence-electron chi connectivity index (χ3n) is 4.70. The van der Waals surface area contributed by atoms with Crippen LogP contribution in [0.25, 0.3) is 6.08 Å². The van der Waals surface area contributed by atoms with E-state index >= 15 is 0 Å². The van der Waals surface area contributed by atoms with Crippen LogP contribution in [-0.4, -0.2) is 33.1 Å². The highest BCUT2D eigenvalue weighted by molar-refractivity contribution is 6.15. The van der Waals surface area contributed by atoms with E-state index in [0.717, 1.165) is 0 Å². The zero-order chi connectivity index (χ0) is 22.0. The van der Waals surface area contributed by atoms with Crippen LogP contribution >= 0.6 is 0 Å². The molecular weight excluding hydrogens is 388 g/mol. The second kappa shape index (κ2) is 8.49. The summed E-state index contributed by atoms with van der Waals surface area (Å²) in [4.78, 5) is 24.8. The minimum absolute atomic E-state index is 0.148. The summed E-state index contributed by atoms with van der Waals surface area (Å²) in [5.41, 5.74) is 1.64. The van der Waals surface area contributed by atoms with Crippen LogP contribution in [0.15, 0.2) is 30.0 Å². The Morgan fingerprint density at radius 3 is 2.17 bits per heavy atom. The molecule has 7 nitrogen and oxygen atoms in total. The van der Waals surface area contributed by atoms with E-state index in [-0.39, 0.29) is 23.4 Å². The minimum atomic E-state index is -0.351. The van der Waals surface area contributed by atoms with E-state index in [0.29, 0.717) is 45.4 Å². The standard InChI is InChI=1S/C23H24O7/c1-12(2)23(25)30-16-8-7-15-20(24)17(29-21(15)13(16)3)9-14-10-18(26-4)22(28-6)19(11-14)27-5/h7-12H,1-6H3/b17-9-. The molecular formula is C23H24O7. The van der Waals surface area contributed by atoms with E-state index in [9.17, 15) is 9.59 Å². The van der Waals surface area contributed by atoms with Crippen LogP contribution in [0.1, 0.15) is 35.3 Å². The normalized spacial score (nSPS) is 13.8. The molecule has 30 heavy (non-hydrogen) atoms. The van der Waals surface area contributed by atoms with Gasteiger partial charge < -0.3 is 23.7 Å². The Hall–Kier alpha value is -3.48. The van der Waals surface area contributed by atoms with Crippen molar-refractivity contribution in [1.29, 1.82) is 0 Å². The Kier molecular flexibility index (Phi) is 6.01. The molecule has 1 aliphatic heterocycles. The van der Waals surface area contributed by atoms with Crippen LogP contribution < -0.4 is 23.7 Å². The molecule has 0 radical (unpaired) electrons. The molecule has 1 heterocycles. The molecule has 3 rings (SSSR count). The molecule has 0 unspecified atom stereocenters. The molecule has 0 bridgehead atoms. The van der Waals surface area contributed by atoms with E-state index in [2.05, 4.69) is 0 Å². The van der Waals surface area contributed by atoms with Crippen molar-refractivity contribution in [1.82, 2.24) is 0 Å². The first-order valence-corrected chi connectivity index (χ1v) is 9.40. The van der Waals surface area contributed by atoms with Gasteiger partial charge in [-0.1, -0.05) is 13.8 Å². The Morgan fingerprint density at radius 2 is 1.63 bits per heavy atom. The Morgan fingerprint density at radius 1 is 1.00 bits per heavy atom. The summed E-state index contributed by atoms with van der Waals surface area (Å²) in [5, 5.41) is 0. The van der Waals surface area contributed by atoms with Gasteiger partial charge in [0.2, 0.25) is 11.5 Å². The molecule has 2 aromatic rings. The van der Waals surface area contributed by atoms with Gasteiger partial charge in [-0.3, -0.25) is 9.59 Å². The summed E-state index contributed by atoms with van der Waals surface area (Å²) in [6.07, 6.45) is 1.60. The van der Waals surface area contributed by atoms with Gasteiger partial charge in [0.25, 0.3) is 0 Å². The maximum atomic E-state index is 12.8. The van der Waals surface area contributed by atoms with Gasteiger partial charge in [-0.05, 0) is 42.8 Å². The number of ether oxygens (including phenoxy) is 5. The number of benzene rings is 2. The number of esters is 1. The quantitative estimate of drug-likeness (QED) is 0.400. The Bertz CT molecular complexity index is 1010. The molecule has 158 valence electrons. The Labute approximate surface area is 175 Å². The first-order chi connectivity index (χ1) is 14.3. The van der Waals surface area contributed by atoms with Crippen molar-refractivity contribution in [3.63, 3.8) is 0 Å². The van der Waals surface area contributed by atoms with Crippen LogP contribution in [0.2, 0.25) is 0 Å². The fraction of sp³-hybridized carbons (Fsp3) is 0.304. The molecule has 0 amide bonds. The molecule has 0 N–H and O–H groups in total. The predicted octanol–water partition coefficient (Wildman–Crippen LogP) is 4.20. The second-order valence-electron chi connectivity index (χ2n) is 7.04. The monoisotopic (exact) mass is 412 g/mol.